The van der Waals surface area contributed by atoms with Gasteiger partial charge in [-0.1, -0.05) is 13.3 Å². The lowest BCUT2D eigenvalue weighted by Crippen LogP contribution is -2.50. The van der Waals surface area contributed by atoms with Crippen LogP contribution in [0.3, 0.4) is 0 Å². The molecule has 1 aromatic carbocycles. The minimum atomic E-state index is -0.0758. The molecule has 1 aromatic heterocycles. The van der Waals surface area contributed by atoms with Crippen molar-refractivity contribution in [2.24, 2.45) is 0 Å². The van der Waals surface area contributed by atoms with E-state index in [4.69, 9.17) is 4.74 Å². The molecular formula is C20H27N5O2. The van der Waals surface area contributed by atoms with Crippen LogP contribution in [0.15, 0.2) is 36.7 Å². The molecule has 2 amide bonds. The summed E-state index contributed by atoms with van der Waals surface area (Å²) in [6.07, 6.45) is 3.73. The number of nitrogens with zero attached hydrogens (tertiary/aromatic N) is 4. The van der Waals surface area contributed by atoms with Crippen LogP contribution in [0.2, 0.25) is 0 Å². The number of hydrogen-bond donors (Lipinski definition) is 1. The minimum absolute atomic E-state index is 0.0758. The summed E-state index contributed by atoms with van der Waals surface area (Å²) in [6, 6.07) is 9.42. The summed E-state index contributed by atoms with van der Waals surface area (Å²) in [5.74, 6) is 1.75. The van der Waals surface area contributed by atoms with Crippen LogP contribution in [0.4, 0.5) is 16.3 Å². The quantitative estimate of drug-likeness (QED) is 0.791. The minimum Gasteiger partial charge on any atom is -0.494 e. The average Bonchev–Trinajstić information content (AvgIpc) is 2.69. The van der Waals surface area contributed by atoms with Crippen molar-refractivity contribution in [1.29, 1.82) is 0 Å². The lowest BCUT2D eigenvalue weighted by Gasteiger charge is -2.35. The summed E-state index contributed by atoms with van der Waals surface area (Å²) in [7, 11) is 0. The van der Waals surface area contributed by atoms with E-state index in [1.165, 1.54) is 0 Å². The normalized spacial score (nSPS) is 14.1. The molecule has 2 aromatic rings. The largest absolute Gasteiger partial charge is 0.494 e. The second-order valence-electron chi connectivity index (χ2n) is 6.65. The third-order valence-electron chi connectivity index (χ3n) is 4.55. The Balaban J connectivity index is 1.48. The summed E-state index contributed by atoms with van der Waals surface area (Å²) in [5.41, 5.74) is 1.72. The molecule has 144 valence electrons. The van der Waals surface area contributed by atoms with Crippen LogP contribution in [-0.2, 0) is 0 Å². The van der Waals surface area contributed by atoms with E-state index in [2.05, 4.69) is 27.1 Å². The lowest BCUT2D eigenvalue weighted by molar-refractivity contribution is 0.208. The van der Waals surface area contributed by atoms with Crippen LogP contribution in [0.5, 0.6) is 5.75 Å². The maximum Gasteiger partial charge on any atom is 0.321 e. The zero-order valence-corrected chi connectivity index (χ0v) is 16.0. The van der Waals surface area contributed by atoms with Gasteiger partial charge in [-0.3, -0.25) is 0 Å². The van der Waals surface area contributed by atoms with Crippen LogP contribution in [0.25, 0.3) is 0 Å². The molecule has 1 aliphatic heterocycles. The molecule has 0 spiro atoms. The van der Waals surface area contributed by atoms with Gasteiger partial charge in [-0.25, -0.2) is 14.8 Å². The van der Waals surface area contributed by atoms with Gasteiger partial charge in [0.1, 0.15) is 17.9 Å². The molecule has 0 aliphatic carbocycles. The Kier molecular flexibility index (Phi) is 6.46. The fourth-order valence-electron chi connectivity index (χ4n) is 2.92. The molecule has 0 atom stereocenters. The van der Waals surface area contributed by atoms with E-state index in [0.717, 1.165) is 55.5 Å². The average molecular weight is 369 g/mol. The standard InChI is InChI=1S/C20H27N5O2/c1-3-4-13-27-18-7-5-17(6-8-18)23-20(26)25-11-9-24(10-12-25)19-14-16(2)21-15-22-19/h5-8,14-15H,3-4,9-13H2,1-2H3,(H,23,26). The molecule has 0 bridgehead atoms. The molecule has 0 unspecified atom stereocenters. The highest BCUT2D eigenvalue weighted by atomic mass is 16.5. The maximum atomic E-state index is 12.5. The number of carbonyl (C=O) groups excluding carboxylic acids is 1. The highest BCUT2D eigenvalue weighted by Gasteiger charge is 2.22. The number of urea groups is 1. The van der Waals surface area contributed by atoms with E-state index in [-0.39, 0.29) is 6.03 Å². The zero-order chi connectivity index (χ0) is 19.1. The van der Waals surface area contributed by atoms with Crippen molar-refractivity contribution in [3.63, 3.8) is 0 Å². The van der Waals surface area contributed by atoms with E-state index in [1.807, 2.05) is 42.2 Å². The summed E-state index contributed by atoms with van der Waals surface area (Å²) < 4.78 is 5.65. The Hall–Kier alpha value is -2.83. The molecular weight excluding hydrogens is 342 g/mol. The molecule has 7 heteroatoms. The van der Waals surface area contributed by atoms with Gasteiger partial charge in [0.15, 0.2) is 0 Å². The van der Waals surface area contributed by atoms with Gasteiger partial charge >= 0.3 is 6.03 Å². The molecule has 27 heavy (non-hydrogen) atoms. The van der Waals surface area contributed by atoms with Crippen molar-refractivity contribution in [3.05, 3.63) is 42.4 Å². The third-order valence-corrected chi connectivity index (χ3v) is 4.55. The van der Waals surface area contributed by atoms with Crippen molar-refractivity contribution >= 4 is 17.5 Å². The van der Waals surface area contributed by atoms with Crippen molar-refractivity contribution in [2.75, 3.05) is 43.0 Å². The molecule has 1 N–H and O–H groups in total. The van der Waals surface area contributed by atoms with Gasteiger partial charge in [-0.15, -0.1) is 0 Å². The fourth-order valence-corrected chi connectivity index (χ4v) is 2.92. The van der Waals surface area contributed by atoms with Gasteiger partial charge in [0, 0.05) is 43.6 Å². The molecule has 1 fully saturated rings. The first-order valence-corrected chi connectivity index (χ1v) is 9.48. The Bertz CT molecular complexity index is 742. The summed E-state index contributed by atoms with van der Waals surface area (Å²) >= 11 is 0. The molecule has 1 aliphatic rings. The van der Waals surface area contributed by atoms with E-state index in [1.54, 1.807) is 6.33 Å². The van der Waals surface area contributed by atoms with Crippen LogP contribution in [-0.4, -0.2) is 53.7 Å². The van der Waals surface area contributed by atoms with Gasteiger partial charge in [0.05, 0.1) is 6.61 Å². The van der Waals surface area contributed by atoms with Crippen molar-refractivity contribution in [2.45, 2.75) is 26.7 Å². The number of benzene rings is 1. The molecule has 0 saturated carbocycles. The van der Waals surface area contributed by atoms with Gasteiger partial charge in [-0.05, 0) is 37.6 Å². The smallest absolute Gasteiger partial charge is 0.321 e. The molecule has 0 radical (unpaired) electrons. The first-order chi connectivity index (χ1) is 13.2. The number of unbranched alkanes of at least 4 members (excludes halogenated alkanes) is 1. The molecule has 3 rings (SSSR count). The number of ether oxygens (including phenoxy) is 1. The topological polar surface area (TPSA) is 70.6 Å². The number of rotatable bonds is 6. The lowest BCUT2D eigenvalue weighted by atomic mass is 10.3. The zero-order valence-electron chi connectivity index (χ0n) is 16.0. The van der Waals surface area contributed by atoms with Gasteiger partial charge < -0.3 is 19.9 Å². The van der Waals surface area contributed by atoms with Crippen molar-refractivity contribution in [3.8, 4) is 5.75 Å². The van der Waals surface area contributed by atoms with E-state index >= 15 is 0 Å². The predicted molar refractivity (Wildman–Crippen MR) is 106 cm³/mol. The maximum absolute atomic E-state index is 12.5. The molecule has 7 nitrogen and oxygen atoms in total. The second kappa shape index (κ2) is 9.21. The SMILES string of the molecule is CCCCOc1ccc(NC(=O)N2CCN(c3cc(C)ncn3)CC2)cc1. The summed E-state index contributed by atoms with van der Waals surface area (Å²) in [5, 5.41) is 2.96. The molecule has 2 heterocycles. The predicted octanol–water partition coefficient (Wildman–Crippen LogP) is 3.32. The van der Waals surface area contributed by atoms with E-state index in [0.29, 0.717) is 13.1 Å². The van der Waals surface area contributed by atoms with Gasteiger partial charge in [0.25, 0.3) is 0 Å². The number of amides is 2. The fraction of sp³-hybridized carbons (Fsp3) is 0.450. The van der Waals surface area contributed by atoms with Gasteiger partial charge in [-0.2, -0.15) is 0 Å². The Labute approximate surface area is 160 Å². The highest BCUT2D eigenvalue weighted by molar-refractivity contribution is 5.89. The third kappa shape index (κ3) is 5.32. The van der Waals surface area contributed by atoms with Gasteiger partial charge in [0.2, 0.25) is 0 Å². The van der Waals surface area contributed by atoms with E-state index in [9.17, 15) is 4.79 Å². The highest BCUT2D eigenvalue weighted by Crippen LogP contribution is 2.18. The van der Waals surface area contributed by atoms with Crippen molar-refractivity contribution in [1.82, 2.24) is 14.9 Å². The number of aryl methyl sites for hydroxylation is 1. The van der Waals surface area contributed by atoms with E-state index < -0.39 is 0 Å². The Morgan fingerprint density at radius 3 is 2.56 bits per heavy atom. The summed E-state index contributed by atoms with van der Waals surface area (Å²) in [6.45, 7) is 7.64. The van der Waals surface area contributed by atoms with Crippen LogP contribution in [0, 0.1) is 6.92 Å². The number of aromatic nitrogens is 2. The number of anilines is 2. The van der Waals surface area contributed by atoms with Crippen molar-refractivity contribution < 1.29 is 9.53 Å². The Morgan fingerprint density at radius 1 is 1.15 bits per heavy atom. The number of nitrogens with one attached hydrogen (secondary N) is 1. The molecule has 1 saturated heterocycles. The summed E-state index contributed by atoms with van der Waals surface area (Å²) in [4.78, 5) is 25.0. The second-order valence-corrected chi connectivity index (χ2v) is 6.65. The van der Waals surface area contributed by atoms with Crippen LogP contribution >= 0.6 is 0 Å². The number of piperazine rings is 1. The number of carbonyl (C=O) groups is 1. The van der Waals surface area contributed by atoms with Crippen LogP contribution in [0.1, 0.15) is 25.5 Å². The first kappa shape index (κ1) is 18.9. The Morgan fingerprint density at radius 2 is 1.89 bits per heavy atom. The number of hydrogen-bond acceptors (Lipinski definition) is 5. The van der Waals surface area contributed by atoms with Crippen LogP contribution < -0.4 is 15.0 Å². The monoisotopic (exact) mass is 369 g/mol. The first-order valence-electron chi connectivity index (χ1n) is 9.48.